The third-order valence-corrected chi connectivity index (χ3v) is 2.49. The van der Waals surface area contributed by atoms with Crippen molar-refractivity contribution in [3.63, 3.8) is 0 Å². The van der Waals surface area contributed by atoms with Gasteiger partial charge in [-0.25, -0.2) is 9.98 Å². The average Bonchev–Trinajstić information content (AvgIpc) is 2.44. The topological polar surface area (TPSA) is 81.8 Å². The number of nitrogens with zero attached hydrogens (tertiary/aromatic N) is 2. The summed E-state index contributed by atoms with van der Waals surface area (Å²) in [6.07, 6.45) is 2.72. The van der Waals surface area contributed by atoms with E-state index in [1.165, 1.54) is 0 Å². The minimum atomic E-state index is 0.131. The van der Waals surface area contributed by atoms with Crippen molar-refractivity contribution in [3.05, 3.63) is 23.9 Å². The predicted octanol–water partition coefficient (Wildman–Crippen LogP) is 1.31. The van der Waals surface area contributed by atoms with Crippen molar-refractivity contribution in [1.82, 2.24) is 10.3 Å². The van der Waals surface area contributed by atoms with Crippen LogP contribution in [0, 0.1) is 0 Å². The van der Waals surface area contributed by atoms with E-state index in [2.05, 4.69) is 22.2 Å². The lowest BCUT2D eigenvalue weighted by atomic mass is 10.3. The fraction of sp³-hybridized carbons (Fsp3) is 0.571. The summed E-state index contributed by atoms with van der Waals surface area (Å²) in [6, 6.07) is 3.91. The van der Waals surface area contributed by atoms with Crippen LogP contribution in [0.15, 0.2) is 23.3 Å². The van der Waals surface area contributed by atoms with Crippen molar-refractivity contribution in [2.45, 2.75) is 32.9 Å². The number of rotatable bonds is 8. The van der Waals surface area contributed by atoms with Gasteiger partial charge < -0.3 is 20.5 Å². The number of aliphatic imine (C=N–C) groups is 1. The highest BCUT2D eigenvalue weighted by Gasteiger charge is 2.01. The highest BCUT2D eigenvalue weighted by atomic mass is 16.5. The molecule has 112 valence electrons. The van der Waals surface area contributed by atoms with Crippen LogP contribution in [0.2, 0.25) is 0 Å². The first-order chi connectivity index (χ1) is 9.65. The van der Waals surface area contributed by atoms with Gasteiger partial charge in [-0.2, -0.15) is 0 Å². The van der Waals surface area contributed by atoms with E-state index < -0.39 is 0 Å². The van der Waals surface area contributed by atoms with Crippen molar-refractivity contribution in [2.24, 2.45) is 10.7 Å². The standard InChI is InChI=1S/C14H24N4O2/c1-4-7-20-13-6-5-12(8-16-13)9-17-14(15)18-11(2)10-19-3/h5-6,8,11H,4,7,9-10H2,1-3H3,(H3,15,17,18). The molecule has 1 heterocycles. The molecule has 0 amide bonds. The number of aromatic nitrogens is 1. The molecule has 0 fully saturated rings. The van der Waals surface area contributed by atoms with E-state index in [4.69, 9.17) is 15.2 Å². The molecule has 1 rings (SSSR count). The van der Waals surface area contributed by atoms with Crippen LogP contribution in [0.1, 0.15) is 25.8 Å². The van der Waals surface area contributed by atoms with Gasteiger partial charge in [-0.3, -0.25) is 0 Å². The number of hydrogen-bond acceptors (Lipinski definition) is 4. The molecule has 20 heavy (non-hydrogen) atoms. The highest BCUT2D eigenvalue weighted by Crippen LogP contribution is 2.08. The Bertz CT molecular complexity index is 406. The maximum absolute atomic E-state index is 5.79. The van der Waals surface area contributed by atoms with E-state index in [1.807, 2.05) is 19.1 Å². The van der Waals surface area contributed by atoms with E-state index in [0.717, 1.165) is 12.0 Å². The van der Waals surface area contributed by atoms with Gasteiger partial charge in [0, 0.05) is 25.4 Å². The van der Waals surface area contributed by atoms with Crippen LogP contribution in [-0.2, 0) is 11.3 Å². The average molecular weight is 280 g/mol. The molecular weight excluding hydrogens is 256 g/mol. The van der Waals surface area contributed by atoms with E-state index in [1.54, 1.807) is 13.3 Å². The van der Waals surface area contributed by atoms with Crippen molar-refractivity contribution in [1.29, 1.82) is 0 Å². The lowest BCUT2D eigenvalue weighted by molar-refractivity contribution is 0.179. The Morgan fingerprint density at radius 3 is 2.90 bits per heavy atom. The first-order valence-corrected chi connectivity index (χ1v) is 6.78. The molecule has 0 radical (unpaired) electrons. The zero-order chi connectivity index (χ0) is 14.8. The van der Waals surface area contributed by atoms with Gasteiger partial charge in [0.05, 0.1) is 19.8 Å². The van der Waals surface area contributed by atoms with Crippen LogP contribution in [0.5, 0.6) is 5.88 Å². The molecule has 0 aliphatic rings. The summed E-state index contributed by atoms with van der Waals surface area (Å²) >= 11 is 0. The summed E-state index contributed by atoms with van der Waals surface area (Å²) in [4.78, 5) is 8.47. The quantitative estimate of drug-likeness (QED) is 0.554. The van der Waals surface area contributed by atoms with Crippen molar-refractivity contribution in [2.75, 3.05) is 20.3 Å². The monoisotopic (exact) mass is 280 g/mol. The molecule has 0 aliphatic heterocycles. The van der Waals surface area contributed by atoms with E-state index >= 15 is 0 Å². The van der Waals surface area contributed by atoms with Crippen LogP contribution in [0.4, 0.5) is 0 Å². The largest absolute Gasteiger partial charge is 0.478 e. The van der Waals surface area contributed by atoms with Gasteiger partial charge in [0.15, 0.2) is 5.96 Å². The smallest absolute Gasteiger partial charge is 0.213 e. The van der Waals surface area contributed by atoms with Crippen LogP contribution < -0.4 is 15.8 Å². The number of nitrogens with one attached hydrogen (secondary N) is 1. The van der Waals surface area contributed by atoms with Crippen LogP contribution in [0.3, 0.4) is 0 Å². The lowest BCUT2D eigenvalue weighted by Gasteiger charge is -2.13. The maximum Gasteiger partial charge on any atom is 0.213 e. The molecule has 1 unspecified atom stereocenters. The molecule has 0 spiro atoms. The fourth-order valence-corrected chi connectivity index (χ4v) is 1.56. The van der Waals surface area contributed by atoms with Gasteiger partial charge in [0.2, 0.25) is 5.88 Å². The van der Waals surface area contributed by atoms with Crippen LogP contribution >= 0.6 is 0 Å². The Morgan fingerprint density at radius 1 is 1.50 bits per heavy atom. The van der Waals surface area contributed by atoms with Crippen LogP contribution in [0.25, 0.3) is 0 Å². The number of methoxy groups -OCH3 is 1. The molecular formula is C14H24N4O2. The van der Waals surface area contributed by atoms with Gasteiger partial charge in [-0.1, -0.05) is 13.0 Å². The van der Waals surface area contributed by atoms with Crippen molar-refractivity contribution < 1.29 is 9.47 Å². The minimum absolute atomic E-state index is 0.131. The molecule has 0 saturated heterocycles. The summed E-state index contributed by atoms with van der Waals surface area (Å²) in [6.45, 7) is 5.79. The minimum Gasteiger partial charge on any atom is -0.478 e. The summed E-state index contributed by atoms with van der Waals surface area (Å²) < 4.78 is 10.4. The Hall–Kier alpha value is -1.82. The molecule has 6 nitrogen and oxygen atoms in total. The van der Waals surface area contributed by atoms with Gasteiger partial charge >= 0.3 is 0 Å². The summed E-state index contributed by atoms with van der Waals surface area (Å²) in [5.74, 6) is 1.04. The Balaban J connectivity index is 2.43. The number of hydrogen-bond donors (Lipinski definition) is 2. The number of nitrogens with two attached hydrogens (primary N) is 1. The molecule has 0 bridgehead atoms. The molecule has 0 aromatic carbocycles. The summed E-state index contributed by atoms with van der Waals surface area (Å²) in [7, 11) is 1.65. The number of pyridine rings is 1. The third-order valence-electron chi connectivity index (χ3n) is 2.49. The molecule has 1 aromatic rings. The Morgan fingerprint density at radius 2 is 2.30 bits per heavy atom. The molecule has 6 heteroatoms. The van der Waals surface area contributed by atoms with Gasteiger partial charge in [-0.15, -0.1) is 0 Å². The second-order valence-electron chi connectivity index (χ2n) is 4.56. The lowest BCUT2D eigenvalue weighted by Crippen LogP contribution is -2.40. The van der Waals surface area contributed by atoms with Crippen molar-refractivity contribution >= 4 is 5.96 Å². The van der Waals surface area contributed by atoms with Crippen LogP contribution in [-0.4, -0.2) is 37.3 Å². The molecule has 0 aliphatic carbocycles. The van der Waals surface area contributed by atoms with Gasteiger partial charge in [0.25, 0.3) is 0 Å². The molecule has 1 aromatic heterocycles. The predicted molar refractivity (Wildman–Crippen MR) is 79.8 cm³/mol. The molecule has 1 atom stereocenters. The number of guanidine groups is 1. The fourth-order valence-electron chi connectivity index (χ4n) is 1.56. The van der Waals surface area contributed by atoms with Gasteiger partial charge in [-0.05, 0) is 18.9 Å². The Kier molecular flexibility index (Phi) is 7.42. The first-order valence-electron chi connectivity index (χ1n) is 6.78. The SMILES string of the molecule is CCCOc1ccc(CN=C(N)NC(C)COC)cn1. The van der Waals surface area contributed by atoms with E-state index in [9.17, 15) is 0 Å². The third kappa shape index (κ3) is 6.38. The van der Waals surface area contributed by atoms with E-state index in [-0.39, 0.29) is 6.04 Å². The Labute approximate surface area is 120 Å². The first kappa shape index (κ1) is 16.2. The number of ether oxygens (including phenoxy) is 2. The zero-order valence-corrected chi connectivity index (χ0v) is 12.4. The zero-order valence-electron chi connectivity index (χ0n) is 12.4. The summed E-state index contributed by atoms with van der Waals surface area (Å²) in [5, 5.41) is 3.05. The molecule has 0 saturated carbocycles. The highest BCUT2D eigenvalue weighted by molar-refractivity contribution is 5.78. The van der Waals surface area contributed by atoms with Crippen molar-refractivity contribution in [3.8, 4) is 5.88 Å². The van der Waals surface area contributed by atoms with Gasteiger partial charge in [0.1, 0.15) is 0 Å². The summed E-state index contributed by atoms with van der Waals surface area (Å²) in [5.41, 5.74) is 6.77. The second kappa shape index (κ2) is 9.14. The normalized spacial score (nSPS) is 13.1. The molecule has 3 N–H and O–H groups in total. The second-order valence-corrected chi connectivity index (χ2v) is 4.56. The van der Waals surface area contributed by atoms with E-state index in [0.29, 0.717) is 31.6 Å². The maximum atomic E-state index is 5.79.